The van der Waals surface area contributed by atoms with Crippen LogP contribution in [0.1, 0.15) is 22.8 Å². The maximum atomic E-state index is 12.1. The topological polar surface area (TPSA) is 80.2 Å². The Morgan fingerprint density at radius 2 is 1.96 bits per heavy atom. The molecule has 126 valence electrons. The van der Waals surface area contributed by atoms with Crippen LogP contribution in [0.3, 0.4) is 0 Å². The summed E-state index contributed by atoms with van der Waals surface area (Å²) in [6.07, 6.45) is 0. The number of methoxy groups -OCH3 is 2. The molecule has 0 aliphatic carbocycles. The van der Waals surface area contributed by atoms with E-state index in [1.807, 2.05) is 0 Å². The molecule has 2 aromatic carbocycles. The van der Waals surface area contributed by atoms with Crippen LogP contribution in [0.25, 0.3) is 0 Å². The highest BCUT2D eigenvalue weighted by Crippen LogP contribution is 2.39. The molecule has 0 aliphatic heterocycles. The molecule has 0 saturated heterocycles. The van der Waals surface area contributed by atoms with Gasteiger partial charge in [-0.3, -0.25) is 4.79 Å². The van der Waals surface area contributed by atoms with Crippen LogP contribution >= 0.6 is 11.6 Å². The Labute approximate surface area is 144 Å². The quantitative estimate of drug-likeness (QED) is 0.642. The molecule has 6 nitrogen and oxygen atoms in total. The number of phenolic OH excluding ortho intramolecular Hbond substituents is 1. The second-order valence-electron chi connectivity index (χ2n) is 4.85. The van der Waals surface area contributed by atoms with Gasteiger partial charge in [-0.05, 0) is 37.3 Å². The molecule has 0 aliphatic rings. The maximum absolute atomic E-state index is 12.1. The van der Waals surface area contributed by atoms with Crippen molar-refractivity contribution in [2.45, 2.75) is 6.92 Å². The fourth-order valence-corrected chi connectivity index (χ4v) is 2.28. The number of nitrogens with zero attached hydrogens (tertiary/aromatic N) is 1. The number of ether oxygens (including phenoxy) is 2. The molecule has 0 radical (unpaired) electrons. The normalized spacial score (nSPS) is 11.1. The number of hydrogen-bond donors (Lipinski definition) is 2. The standard InChI is InChI=1S/C17H17ClN2O4/c1-10(13-7-8-14(23-2)16(24-3)15(13)21)19-20-17(22)11-5-4-6-12(18)9-11/h4-9,21H,1-3H3,(H,20,22). The Hall–Kier alpha value is -2.73. The van der Waals surface area contributed by atoms with Crippen molar-refractivity contribution in [3.05, 3.63) is 52.5 Å². The van der Waals surface area contributed by atoms with Crippen LogP contribution in [0.4, 0.5) is 0 Å². The van der Waals surface area contributed by atoms with Gasteiger partial charge in [0.1, 0.15) is 0 Å². The van der Waals surface area contributed by atoms with Gasteiger partial charge in [-0.25, -0.2) is 5.43 Å². The van der Waals surface area contributed by atoms with Crippen molar-refractivity contribution in [2.75, 3.05) is 14.2 Å². The molecule has 0 atom stereocenters. The van der Waals surface area contributed by atoms with Crippen molar-refractivity contribution in [1.82, 2.24) is 5.43 Å². The lowest BCUT2D eigenvalue weighted by Crippen LogP contribution is -2.19. The highest BCUT2D eigenvalue weighted by molar-refractivity contribution is 6.30. The van der Waals surface area contributed by atoms with Gasteiger partial charge in [0, 0.05) is 16.1 Å². The molecule has 0 fully saturated rings. The Morgan fingerprint density at radius 3 is 2.58 bits per heavy atom. The molecule has 0 aromatic heterocycles. The second kappa shape index (κ2) is 7.70. The first-order valence-electron chi connectivity index (χ1n) is 7.02. The first-order chi connectivity index (χ1) is 11.5. The molecule has 2 aromatic rings. The molecule has 2 N–H and O–H groups in total. The van der Waals surface area contributed by atoms with Crippen LogP contribution in [0.5, 0.6) is 17.2 Å². The average Bonchev–Trinajstić information content (AvgIpc) is 2.58. The summed E-state index contributed by atoms with van der Waals surface area (Å²) in [6.45, 7) is 1.65. The molecule has 7 heteroatoms. The molecule has 0 saturated carbocycles. The van der Waals surface area contributed by atoms with Gasteiger partial charge >= 0.3 is 0 Å². The predicted octanol–water partition coefficient (Wildman–Crippen LogP) is 3.22. The number of rotatable bonds is 5. The van der Waals surface area contributed by atoms with E-state index in [-0.39, 0.29) is 11.5 Å². The molecule has 0 heterocycles. The molecular weight excluding hydrogens is 332 g/mol. The van der Waals surface area contributed by atoms with Crippen molar-refractivity contribution in [1.29, 1.82) is 0 Å². The summed E-state index contributed by atoms with van der Waals surface area (Å²) in [5.41, 5.74) is 3.63. The minimum atomic E-state index is -0.406. The van der Waals surface area contributed by atoms with Gasteiger partial charge in [0.2, 0.25) is 5.75 Å². The molecule has 1 amide bonds. The van der Waals surface area contributed by atoms with Crippen LogP contribution in [0, 0.1) is 0 Å². The summed E-state index contributed by atoms with van der Waals surface area (Å²) in [5, 5.41) is 14.7. The van der Waals surface area contributed by atoms with E-state index in [2.05, 4.69) is 10.5 Å². The molecule has 2 rings (SSSR count). The van der Waals surface area contributed by atoms with Crippen molar-refractivity contribution >= 4 is 23.2 Å². The lowest BCUT2D eigenvalue weighted by atomic mass is 10.1. The summed E-state index contributed by atoms with van der Waals surface area (Å²) >= 11 is 5.86. The Morgan fingerprint density at radius 1 is 1.21 bits per heavy atom. The minimum absolute atomic E-state index is 0.116. The highest BCUT2D eigenvalue weighted by atomic mass is 35.5. The van der Waals surface area contributed by atoms with Gasteiger partial charge in [-0.15, -0.1) is 0 Å². The summed E-state index contributed by atoms with van der Waals surface area (Å²) in [6, 6.07) is 9.78. The Balaban J connectivity index is 2.24. The van der Waals surface area contributed by atoms with Gasteiger partial charge < -0.3 is 14.6 Å². The lowest BCUT2D eigenvalue weighted by Gasteiger charge is -2.12. The first kappa shape index (κ1) is 17.6. The number of benzene rings is 2. The summed E-state index contributed by atoms with van der Waals surface area (Å²) in [4.78, 5) is 12.1. The van der Waals surface area contributed by atoms with Crippen molar-refractivity contribution in [3.8, 4) is 17.2 Å². The van der Waals surface area contributed by atoms with Crippen molar-refractivity contribution in [3.63, 3.8) is 0 Å². The van der Waals surface area contributed by atoms with E-state index in [1.54, 1.807) is 37.3 Å². The van der Waals surface area contributed by atoms with Crippen LogP contribution in [-0.2, 0) is 0 Å². The van der Waals surface area contributed by atoms with Gasteiger partial charge in [-0.2, -0.15) is 5.10 Å². The highest BCUT2D eigenvalue weighted by Gasteiger charge is 2.16. The number of nitrogens with one attached hydrogen (secondary N) is 1. The smallest absolute Gasteiger partial charge is 0.271 e. The third-order valence-electron chi connectivity index (χ3n) is 3.32. The number of halogens is 1. The van der Waals surface area contributed by atoms with E-state index in [1.165, 1.54) is 20.3 Å². The van der Waals surface area contributed by atoms with E-state index in [9.17, 15) is 9.90 Å². The molecule has 0 bridgehead atoms. The fraction of sp³-hybridized carbons (Fsp3) is 0.176. The van der Waals surface area contributed by atoms with E-state index in [0.717, 1.165) is 0 Å². The number of aromatic hydroxyl groups is 1. The minimum Gasteiger partial charge on any atom is -0.504 e. The summed E-state index contributed by atoms with van der Waals surface area (Å²) in [7, 11) is 2.90. The van der Waals surface area contributed by atoms with E-state index >= 15 is 0 Å². The monoisotopic (exact) mass is 348 g/mol. The first-order valence-corrected chi connectivity index (χ1v) is 7.40. The third-order valence-corrected chi connectivity index (χ3v) is 3.56. The zero-order valence-corrected chi connectivity index (χ0v) is 14.2. The average molecular weight is 349 g/mol. The number of hydrazone groups is 1. The van der Waals surface area contributed by atoms with Gasteiger partial charge in [-0.1, -0.05) is 17.7 Å². The number of carbonyl (C=O) groups is 1. The van der Waals surface area contributed by atoms with Gasteiger partial charge in [0.05, 0.1) is 19.9 Å². The van der Waals surface area contributed by atoms with Gasteiger partial charge in [0.25, 0.3) is 5.91 Å². The lowest BCUT2D eigenvalue weighted by molar-refractivity contribution is 0.0955. The number of phenols is 1. The fourth-order valence-electron chi connectivity index (χ4n) is 2.09. The number of carbonyl (C=O) groups excluding carboxylic acids is 1. The van der Waals surface area contributed by atoms with Crippen LogP contribution in [-0.4, -0.2) is 30.9 Å². The zero-order valence-electron chi connectivity index (χ0n) is 13.5. The Bertz CT molecular complexity index is 790. The summed E-state index contributed by atoms with van der Waals surface area (Å²) in [5.74, 6) is 0.0761. The van der Waals surface area contributed by atoms with Crippen LogP contribution in [0.15, 0.2) is 41.5 Å². The Kier molecular flexibility index (Phi) is 5.65. The van der Waals surface area contributed by atoms with Gasteiger partial charge in [0.15, 0.2) is 11.5 Å². The number of amides is 1. The third kappa shape index (κ3) is 3.78. The zero-order chi connectivity index (χ0) is 17.7. The van der Waals surface area contributed by atoms with E-state index in [4.69, 9.17) is 21.1 Å². The SMILES string of the molecule is COc1ccc(C(C)=NNC(=O)c2cccc(Cl)c2)c(O)c1OC. The largest absolute Gasteiger partial charge is 0.504 e. The van der Waals surface area contributed by atoms with E-state index < -0.39 is 5.91 Å². The number of hydrogen-bond acceptors (Lipinski definition) is 5. The molecular formula is C17H17ClN2O4. The maximum Gasteiger partial charge on any atom is 0.271 e. The van der Waals surface area contributed by atoms with E-state index in [0.29, 0.717) is 27.6 Å². The van der Waals surface area contributed by atoms with Crippen LogP contribution in [0.2, 0.25) is 5.02 Å². The summed E-state index contributed by atoms with van der Waals surface area (Å²) < 4.78 is 10.2. The molecule has 24 heavy (non-hydrogen) atoms. The molecule has 0 unspecified atom stereocenters. The predicted molar refractivity (Wildman–Crippen MR) is 92.3 cm³/mol. The van der Waals surface area contributed by atoms with Crippen molar-refractivity contribution < 1.29 is 19.4 Å². The van der Waals surface area contributed by atoms with Crippen molar-refractivity contribution in [2.24, 2.45) is 5.10 Å². The second-order valence-corrected chi connectivity index (χ2v) is 5.28. The van der Waals surface area contributed by atoms with Crippen LogP contribution < -0.4 is 14.9 Å². The molecule has 0 spiro atoms.